The van der Waals surface area contributed by atoms with Crippen molar-refractivity contribution in [1.82, 2.24) is 5.32 Å². The maximum absolute atomic E-state index is 12.0. The Morgan fingerprint density at radius 1 is 1.06 bits per heavy atom. The molecule has 0 heterocycles. The number of amides is 1. The molecule has 0 fully saturated rings. The molecule has 0 radical (unpaired) electrons. The minimum absolute atomic E-state index is 0.0479. The number of carbonyl (C=O) groups excluding carboxylic acids is 2. The van der Waals surface area contributed by atoms with Crippen LogP contribution in [0.3, 0.4) is 0 Å². The lowest BCUT2D eigenvalue weighted by Gasteiger charge is -2.20. The Hall–Kier alpha value is -3.02. The molecular weight excluding hydrogens is 406 g/mol. The van der Waals surface area contributed by atoms with Gasteiger partial charge in [0.2, 0.25) is 0 Å². The van der Waals surface area contributed by atoms with Crippen LogP contribution in [0.25, 0.3) is 6.08 Å². The first-order valence-electron chi connectivity index (χ1n) is 10.9. The van der Waals surface area contributed by atoms with Crippen LogP contribution in [0.4, 0.5) is 4.79 Å². The SMILES string of the molecule is COc1cc(/C=C/C=C/CCCC(=O)/C=C/[C@H](C)CNC(=O)OC(C)(C)C)cc(OC)c1. The van der Waals surface area contributed by atoms with Gasteiger partial charge in [0, 0.05) is 19.0 Å². The second-order valence-corrected chi connectivity index (χ2v) is 8.51. The van der Waals surface area contributed by atoms with E-state index in [2.05, 4.69) is 5.32 Å². The van der Waals surface area contributed by atoms with Crippen LogP contribution in [0.15, 0.2) is 48.6 Å². The summed E-state index contributed by atoms with van der Waals surface area (Å²) in [5, 5.41) is 2.71. The zero-order chi connectivity index (χ0) is 24.0. The lowest BCUT2D eigenvalue weighted by atomic mass is 10.1. The maximum Gasteiger partial charge on any atom is 0.407 e. The summed E-state index contributed by atoms with van der Waals surface area (Å²) in [6.07, 6.45) is 13.0. The van der Waals surface area contributed by atoms with E-state index in [9.17, 15) is 9.59 Å². The highest BCUT2D eigenvalue weighted by Gasteiger charge is 2.16. The van der Waals surface area contributed by atoms with E-state index in [1.807, 2.05) is 76.3 Å². The van der Waals surface area contributed by atoms with E-state index in [-0.39, 0.29) is 11.7 Å². The summed E-state index contributed by atoms with van der Waals surface area (Å²) in [7, 11) is 3.25. The quantitative estimate of drug-likeness (QED) is 0.254. The Morgan fingerprint density at radius 3 is 2.31 bits per heavy atom. The number of ketones is 1. The smallest absolute Gasteiger partial charge is 0.407 e. The second-order valence-electron chi connectivity index (χ2n) is 8.51. The summed E-state index contributed by atoms with van der Waals surface area (Å²) in [4.78, 5) is 23.6. The Kier molecular flexibility index (Phi) is 11.9. The first-order chi connectivity index (χ1) is 15.1. The molecule has 6 heteroatoms. The van der Waals surface area contributed by atoms with Gasteiger partial charge in [0.05, 0.1) is 14.2 Å². The average Bonchev–Trinajstić information content (AvgIpc) is 2.74. The van der Waals surface area contributed by atoms with Crippen molar-refractivity contribution in [1.29, 1.82) is 0 Å². The molecule has 1 aromatic carbocycles. The zero-order valence-corrected chi connectivity index (χ0v) is 20.1. The maximum atomic E-state index is 12.0. The molecule has 1 aromatic rings. The molecule has 176 valence electrons. The van der Waals surface area contributed by atoms with Gasteiger partial charge in [-0.05, 0) is 63.3 Å². The minimum atomic E-state index is -0.522. The summed E-state index contributed by atoms with van der Waals surface area (Å²) in [6.45, 7) is 7.82. The van der Waals surface area contributed by atoms with Crippen molar-refractivity contribution in [3.05, 3.63) is 54.1 Å². The van der Waals surface area contributed by atoms with E-state index < -0.39 is 11.7 Å². The van der Waals surface area contributed by atoms with Gasteiger partial charge in [0.15, 0.2) is 5.78 Å². The van der Waals surface area contributed by atoms with E-state index >= 15 is 0 Å². The molecule has 0 saturated heterocycles. The van der Waals surface area contributed by atoms with E-state index in [0.717, 1.165) is 29.9 Å². The van der Waals surface area contributed by atoms with Crippen LogP contribution in [0, 0.1) is 5.92 Å². The van der Waals surface area contributed by atoms with E-state index in [1.54, 1.807) is 20.3 Å². The van der Waals surface area contributed by atoms with Gasteiger partial charge < -0.3 is 19.5 Å². The molecule has 0 aliphatic rings. The minimum Gasteiger partial charge on any atom is -0.497 e. The fourth-order valence-electron chi connectivity index (χ4n) is 2.64. The van der Waals surface area contributed by atoms with Crippen LogP contribution in [0.5, 0.6) is 11.5 Å². The summed E-state index contributed by atoms with van der Waals surface area (Å²) < 4.78 is 15.7. The lowest BCUT2D eigenvalue weighted by Crippen LogP contribution is -2.34. The Balaban J connectivity index is 2.29. The van der Waals surface area contributed by atoms with Gasteiger partial charge in [0.25, 0.3) is 0 Å². The topological polar surface area (TPSA) is 73.9 Å². The second kappa shape index (κ2) is 14.1. The summed E-state index contributed by atoms with van der Waals surface area (Å²) in [5.41, 5.74) is 0.466. The third-order valence-electron chi connectivity index (χ3n) is 4.28. The van der Waals surface area contributed by atoms with Gasteiger partial charge in [-0.25, -0.2) is 4.79 Å². The predicted molar refractivity (Wildman–Crippen MR) is 129 cm³/mol. The number of hydrogen-bond donors (Lipinski definition) is 1. The highest BCUT2D eigenvalue weighted by atomic mass is 16.6. The van der Waals surface area contributed by atoms with Gasteiger partial charge in [-0.2, -0.15) is 0 Å². The standard InChI is InChI=1S/C26H37NO5/c1-20(19-27-25(29)32-26(2,3)4)14-15-22(28)13-11-9-7-8-10-12-21-16-23(30-5)18-24(17-21)31-6/h7-8,10,12,14-18,20H,9,11,13,19H2,1-6H3,(H,27,29)/b8-7+,12-10+,15-14+/t20-/m0/s1. The largest absolute Gasteiger partial charge is 0.497 e. The zero-order valence-electron chi connectivity index (χ0n) is 20.1. The van der Waals surface area contributed by atoms with Crippen molar-refractivity contribution >= 4 is 18.0 Å². The van der Waals surface area contributed by atoms with Crippen molar-refractivity contribution in [3.8, 4) is 11.5 Å². The van der Waals surface area contributed by atoms with Crippen LogP contribution in [0.1, 0.15) is 52.5 Å². The number of allylic oxidation sites excluding steroid dienone is 4. The number of methoxy groups -OCH3 is 2. The normalized spacial score (nSPS) is 12.9. The molecule has 1 atom stereocenters. The molecule has 0 bridgehead atoms. The van der Waals surface area contributed by atoms with Gasteiger partial charge in [0.1, 0.15) is 17.1 Å². The van der Waals surface area contributed by atoms with Crippen LogP contribution >= 0.6 is 0 Å². The molecule has 6 nitrogen and oxygen atoms in total. The fourth-order valence-corrected chi connectivity index (χ4v) is 2.64. The van der Waals surface area contributed by atoms with Crippen molar-refractivity contribution in [2.75, 3.05) is 20.8 Å². The first kappa shape index (κ1) is 27.0. The molecule has 0 saturated carbocycles. The molecule has 1 amide bonds. The Bertz CT molecular complexity index is 796. The molecule has 1 rings (SSSR count). The molecule has 0 spiro atoms. The molecule has 0 unspecified atom stereocenters. The highest BCUT2D eigenvalue weighted by molar-refractivity contribution is 5.89. The summed E-state index contributed by atoms with van der Waals surface area (Å²) in [5.74, 6) is 1.62. The van der Waals surface area contributed by atoms with Gasteiger partial charge in [-0.1, -0.05) is 37.3 Å². The van der Waals surface area contributed by atoms with Crippen LogP contribution in [-0.4, -0.2) is 38.2 Å². The molecule has 0 aromatic heterocycles. The van der Waals surface area contributed by atoms with Gasteiger partial charge in [-0.15, -0.1) is 0 Å². The van der Waals surface area contributed by atoms with Crippen LogP contribution in [-0.2, 0) is 9.53 Å². The average molecular weight is 444 g/mol. The predicted octanol–water partition coefficient (Wildman–Crippen LogP) is 5.73. The number of alkyl carbamates (subject to hydrolysis) is 1. The summed E-state index contributed by atoms with van der Waals surface area (Å²) in [6, 6.07) is 5.70. The van der Waals surface area contributed by atoms with Gasteiger partial charge >= 0.3 is 6.09 Å². The van der Waals surface area contributed by atoms with Crippen molar-refractivity contribution in [3.63, 3.8) is 0 Å². The van der Waals surface area contributed by atoms with Crippen molar-refractivity contribution in [2.45, 2.75) is 52.6 Å². The monoisotopic (exact) mass is 443 g/mol. The van der Waals surface area contributed by atoms with Crippen LogP contribution in [0.2, 0.25) is 0 Å². The number of ether oxygens (including phenoxy) is 3. The summed E-state index contributed by atoms with van der Waals surface area (Å²) >= 11 is 0. The molecule has 0 aliphatic carbocycles. The number of hydrogen-bond acceptors (Lipinski definition) is 5. The van der Waals surface area contributed by atoms with Crippen molar-refractivity contribution < 1.29 is 23.8 Å². The first-order valence-corrected chi connectivity index (χ1v) is 10.9. The van der Waals surface area contributed by atoms with E-state index in [1.165, 1.54) is 0 Å². The number of nitrogens with one attached hydrogen (secondary N) is 1. The lowest BCUT2D eigenvalue weighted by molar-refractivity contribution is -0.114. The Labute approximate surface area is 192 Å². The number of carbonyl (C=O) groups is 2. The van der Waals surface area contributed by atoms with E-state index in [0.29, 0.717) is 13.0 Å². The van der Waals surface area contributed by atoms with E-state index in [4.69, 9.17) is 14.2 Å². The third kappa shape index (κ3) is 12.6. The highest BCUT2D eigenvalue weighted by Crippen LogP contribution is 2.23. The van der Waals surface area contributed by atoms with Crippen molar-refractivity contribution in [2.24, 2.45) is 5.92 Å². The molecular formula is C26H37NO5. The Morgan fingerprint density at radius 2 is 1.72 bits per heavy atom. The van der Waals surface area contributed by atoms with Gasteiger partial charge in [-0.3, -0.25) is 4.79 Å². The molecule has 0 aliphatic heterocycles. The molecule has 32 heavy (non-hydrogen) atoms. The number of benzene rings is 1. The molecule has 1 N–H and O–H groups in total. The number of unbranched alkanes of at least 4 members (excludes halogenated alkanes) is 1. The fraction of sp³-hybridized carbons (Fsp3) is 0.462. The van der Waals surface area contributed by atoms with Crippen LogP contribution < -0.4 is 14.8 Å². The third-order valence-corrected chi connectivity index (χ3v) is 4.28. The number of rotatable bonds is 12.